The minimum absolute atomic E-state index is 0.0465. The van der Waals surface area contributed by atoms with Gasteiger partial charge in [0.25, 0.3) is 0 Å². The van der Waals surface area contributed by atoms with E-state index in [4.69, 9.17) is 23.2 Å². The van der Waals surface area contributed by atoms with Crippen LogP contribution in [-0.2, 0) is 14.8 Å². The summed E-state index contributed by atoms with van der Waals surface area (Å²) in [5.74, 6) is -1.37. The Bertz CT molecular complexity index is 1070. The highest BCUT2D eigenvalue weighted by Crippen LogP contribution is 2.31. The third-order valence-electron chi connectivity index (χ3n) is 4.67. The van der Waals surface area contributed by atoms with Gasteiger partial charge in [0, 0.05) is 35.8 Å². The van der Waals surface area contributed by atoms with Crippen molar-refractivity contribution >= 4 is 44.8 Å². The summed E-state index contributed by atoms with van der Waals surface area (Å²) < 4.78 is 67.8. The Hall–Kier alpha value is -2.01. The van der Waals surface area contributed by atoms with Gasteiger partial charge < -0.3 is 10.1 Å². The number of sulfonamides is 1. The molecule has 1 N–H and O–H groups in total. The van der Waals surface area contributed by atoms with Gasteiger partial charge in [-0.1, -0.05) is 29.3 Å². The highest BCUT2D eigenvalue weighted by atomic mass is 35.5. The molecule has 0 atom stereocenters. The molecule has 0 unspecified atom stereocenters. The van der Waals surface area contributed by atoms with E-state index < -0.39 is 34.0 Å². The van der Waals surface area contributed by atoms with Crippen molar-refractivity contribution in [1.82, 2.24) is 4.31 Å². The fourth-order valence-corrected chi connectivity index (χ4v) is 5.39. The van der Waals surface area contributed by atoms with Gasteiger partial charge in [-0.25, -0.2) is 8.42 Å². The fourth-order valence-electron chi connectivity index (χ4n) is 3.19. The highest BCUT2D eigenvalue weighted by Gasteiger charge is 2.34. The van der Waals surface area contributed by atoms with Crippen molar-refractivity contribution < 1.29 is 31.1 Å². The van der Waals surface area contributed by atoms with Crippen LogP contribution in [0.5, 0.6) is 5.75 Å². The molecule has 1 aliphatic heterocycles. The second-order valence-corrected chi connectivity index (χ2v) is 9.57. The summed E-state index contributed by atoms with van der Waals surface area (Å²) in [4.78, 5) is 12.4. The minimum Gasteiger partial charge on any atom is -0.406 e. The number of anilines is 1. The van der Waals surface area contributed by atoms with Crippen LogP contribution in [0.25, 0.3) is 0 Å². The summed E-state index contributed by atoms with van der Waals surface area (Å²) in [6.45, 7) is 0.168. The van der Waals surface area contributed by atoms with Crippen LogP contribution in [0.4, 0.5) is 18.9 Å². The predicted octanol–water partition coefficient (Wildman–Crippen LogP) is 4.93. The number of rotatable bonds is 5. The quantitative estimate of drug-likeness (QED) is 0.636. The standard InChI is InChI=1S/C19H17Cl2F3N2O4S/c20-13-4-5-16(21)17(10-13)31(28,29)26-8-6-12(7-9-26)18(27)25-14-2-1-3-15(11-14)30-19(22,23)24/h1-5,10-12H,6-9H2,(H,25,27). The second kappa shape index (κ2) is 9.23. The van der Waals surface area contributed by atoms with Gasteiger partial charge in [-0.3, -0.25) is 4.79 Å². The number of nitrogens with one attached hydrogen (secondary N) is 1. The van der Waals surface area contributed by atoms with Gasteiger partial charge in [-0.05, 0) is 43.2 Å². The molecule has 2 aromatic carbocycles. The number of hydrogen-bond donors (Lipinski definition) is 1. The lowest BCUT2D eigenvalue weighted by Crippen LogP contribution is -2.41. The van der Waals surface area contributed by atoms with Crippen LogP contribution in [0.1, 0.15) is 12.8 Å². The maximum absolute atomic E-state index is 12.9. The number of ether oxygens (including phenoxy) is 1. The maximum Gasteiger partial charge on any atom is 0.573 e. The normalized spacial score (nSPS) is 16.2. The van der Waals surface area contributed by atoms with Crippen LogP contribution in [0.2, 0.25) is 10.0 Å². The average molecular weight is 497 g/mol. The smallest absolute Gasteiger partial charge is 0.406 e. The molecule has 31 heavy (non-hydrogen) atoms. The number of piperidine rings is 1. The molecule has 0 spiro atoms. The molecular weight excluding hydrogens is 480 g/mol. The molecule has 0 aromatic heterocycles. The largest absolute Gasteiger partial charge is 0.573 e. The molecule has 2 aromatic rings. The van der Waals surface area contributed by atoms with E-state index in [1.54, 1.807) is 0 Å². The van der Waals surface area contributed by atoms with Crippen molar-refractivity contribution in [2.24, 2.45) is 5.92 Å². The van der Waals surface area contributed by atoms with E-state index in [0.29, 0.717) is 0 Å². The molecule has 0 bridgehead atoms. The number of benzene rings is 2. The van der Waals surface area contributed by atoms with Gasteiger partial charge in [0.1, 0.15) is 10.6 Å². The van der Waals surface area contributed by atoms with Crippen LogP contribution >= 0.6 is 23.2 Å². The zero-order chi connectivity index (χ0) is 22.8. The fraction of sp³-hybridized carbons (Fsp3) is 0.316. The van der Waals surface area contributed by atoms with E-state index in [2.05, 4.69) is 10.1 Å². The van der Waals surface area contributed by atoms with E-state index >= 15 is 0 Å². The van der Waals surface area contributed by atoms with Gasteiger partial charge in [0.05, 0.1) is 5.02 Å². The first-order valence-electron chi connectivity index (χ1n) is 9.07. The van der Waals surface area contributed by atoms with Crippen molar-refractivity contribution in [2.75, 3.05) is 18.4 Å². The Balaban J connectivity index is 1.63. The summed E-state index contributed by atoms with van der Waals surface area (Å²) in [5, 5.41) is 2.82. The molecule has 0 aliphatic carbocycles. The molecule has 1 saturated heterocycles. The predicted molar refractivity (Wildman–Crippen MR) is 110 cm³/mol. The van der Waals surface area contributed by atoms with Gasteiger partial charge in [0.15, 0.2) is 0 Å². The summed E-state index contributed by atoms with van der Waals surface area (Å²) in [5.41, 5.74) is 0.146. The SMILES string of the molecule is O=C(Nc1cccc(OC(F)(F)F)c1)C1CCN(S(=O)(=O)c2cc(Cl)ccc2Cl)CC1. The topological polar surface area (TPSA) is 75.7 Å². The number of amides is 1. The molecule has 1 aliphatic rings. The first-order chi connectivity index (χ1) is 14.5. The average Bonchev–Trinajstić information content (AvgIpc) is 2.69. The van der Waals surface area contributed by atoms with Crippen LogP contribution in [0.15, 0.2) is 47.4 Å². The Kier molecular flexibility index (Phi) is 7.04. The van der Waals surface area contributed by atoms with E-state index in [9.17, 15) is 26.4 Å². The lowest BCUT2D eigenvalue weighted by Gasteiger charge is -2.30. The third-order valence-corrected chi connectivity index (χ3v) is 7.29. The number of carbonyl (C=O) groups excluding carboxylic acids is 1. The Morgan fingerprint density at radius 1 is 1.10 bits per heavy atom. The molecule has 1 heterocycles. The summed E-state index contributed by atoms with van der Waals surface area (Å²) in [6.07, 6.45) is -4.36. The Labute approximate surface area is 186 Å². The summed E-state index contributed by atoms with van der Waals surface area (Å²) in [6, 6.07) is 9.08. The lowest BCUT2D eigenvalue weighted by molar-refractivity contribution is -0.274. The van der Waals surface area contributed by atoms with Crippen LogP contribution < -0.4 is 10.1 Å². The zero-order valence-electron chi connectivity index (χ0n) is 15.8. The number of halogens is 5. The Morgan fingerprint density at radius 3 is 2.42 bits per heavy atom. The number of hydrogen-bond acceptors (Lipinski definition) is 4. The number of nitrogens with zero attached hydrogens (tertiary/aromatic N) is 1. The molecule has 1 fully saturated rings. The van der Waals surface area contributed by atoms with Crippen LogP contribution in [-0.4, -0.2) is 38.1 Å². The monoisotopic (exact) mass is 496 g/mol. The molecule has 3 rings (SSSR count). The van der Waals surface area contributed by atoms with Gasteiger partial charge in [-0.2, -0.15) is 4.31 Å². The van der Waals surface area contributed by atoms with E-state index in [-0.39, 0.29) is 46.6 Å². The Morgan fingerprint density at radius 2 is 1.77 bits per heavy atom. The van der Waals surface area contributed by atoms with E-state index in [1.807, 2.05) is 0 Å². The molecule has 0 radical (unpaired) electrons. The van der Waals surface area contributed by atoms with Crippen molar-refractivity contribution in [3.63, 3.8) is 0 Å². The molecule has 6 nitrogen and oxygen atoms in total. The summed E-state index contributed by atoms with van der Waals surface area (Å²) >= 11 is 11.9. The molecule has 12 heteroatoms. The molecular formula is C19H17Cl2F3N2O4S. The van der Waals surface area contributed by atoms with Crippen LogP contribution in [0, 0.1) is 5.92 Å². The molecule has 168 valence electrons. The molecule has 1 amide bonds. The van der Waals surface area contributed by atoms with E-state index in [0.717, 1.165) is 12.1 Å². The van der Waals surface area contributed by atoms with Gasteiger partial charge >= 0.3 is 6.36 Å². The first-order valence-corrected chi connectivity index (χ1v) is 11.3. The van der Waals surface area contributed by atoms with Gasteiger partial charge in [0.2, 0.25) is 15.9 Å². The second-order valence-electron chi connectivity index (χ2n) is 6.82. The lowest BCUT2D eigenvalue weighted by atomic mass is 9.97. The van der Waals surface area contributed by atoms with Crippen molar-refractivity contribution in [3.8, 4) is 5.75 Å². The number of alkyl halides is 3. The first kappa shape index (κ1) is 23.6. The number of carbonyl (C=O) groups is 1. The molecule has 0 saturated carbocycles. The van der Waals surface area contributed by atoms with Crippen molar-refractivity contribution in [2.45, 2.75) is 24.1 Å². The van der Waals surface area contributed by atoms with Crippen molar-refractivity contribution in [3.05, 3.63) is 52.5 Å². The highest BCUT2D eigenvalue weighted by molar-refractivity contribution is 7.89. The van der Waals surface area contributed by atoms with Gasteiger partial charge in [-0.15, -0.1) is 13.2 Å². The van der Waals surface area contributed by atoms with Crippen molar-refractivity contribution in [1.29, 1.82) is 0 Å². The minimum atomic E-state index is -4.84. The maximum atomic E-state index is 12.9. The third kappa shape index (κ3) is 6.03. The van der Waals surface area contributed by atoms with E-state index in [1.165, 1.54) is 34.6 Å². The zero-order valence-corrected chi connectivity index (χ0v) is 18.2. The summed E-state index contributed by atoms with van der Waals surface area (Å²) in [7, 11) is -3.88. The van der Waals surface area contributed by atoms with Crippen LogP contribution in [0.3, 0.4) is 0 Å².